The fraction of sp³-hybridized carbons (Fsp3) is 0.0333. The topological polar surface area (TPSA) is 84.7 Å². The van der Waals surface area contributed by atoms with Gasteiger partial charge in [-0.2, -0.15) is 0 Å². The summed E-state index contributed by atoms with van der Waals surface area (Å²) in [5, 5.41) is 2.92. The van der Waals surface area contributed by atoms with E-state index in [9.17, 15) is 9.59 Å². The fourth-order valence-corrected chi connectivity index (χ4v) is 4.34. The van der Waals surface area contributed by atoms with Crippen LogP contribution in [0.1, 0.15) is 26.3 Å². The van der Waals surface area contributed by atoms with E-state index in [0.29, 0.717) is 40.7 Å². The highest BCUT2D eigenvalue weighted by Gasteiger charge is 2.26. The highest BCUT2D eigenvalue weighted by molar-refractivity contribution is 6.10. The summed E-state index contributed by atoms with van der Waals surface area (Å²) in [7, 11) is 0. The maximum Gasteiger partial charge on any atom is 0.258 e. The average Bonchev–Trinajstić information content (AvgIpc) is 3.42. The number of nitrogens with one attached hydrogen (secondary N) is 1. The zero-order chi connectivity index (χ0) is 25.2. The van der Waals surface area contributed by atoms with Crippen LogP contribution in [-0.4, -0.2) is 16.8 Å². The van der Waals surface area contributed by atoms with Crippen molar-refractivity contribution in [2.75, 3.05) is 10.2 Å². The van der Waals surface area contributed by atoms with E-state index in [1.54, 1.807) is 54.0 Å². The average molecular weight is 488 g/mol. The number of para-hydroxylation sites is 2. The summed E-state index contributed by atoms with van der Waals surface area (Å²) in [6.07, 6.45) is 4.84. The largest absolute Gasteiger partial charge is 0.472 e. The number of furan rings is 1. The second-order valence-electron chi connectivity index (χ2n) is 8.52. The molecule has 0 bridgehead atoms. The molecule has 0 unspecified atom stereocenters. The van der Waals surface area contributed by atoms with Gasteiger partial charge in [0.1, 0.15) is 0 Å². The lowest BCUT2D eigenvalue weighted by Crippen LogP contribution is -2.29. The summed E-state index contributed by atoms with van der Waals surface area (Å²) in [5.41, 5.74) is 4.67. The van der Waals surface area contributed by atoms with Gasteiger partial charge in [0.05, 0.1) is 24.8 Å². The Bertz CT molecular complexity index is 1590. The zero-order valence-electron chi connectivity index (χ0n) is 19.6. The van der Waals surface area contributed by atoms with E-state index >= 15 is 0 Å². The van der Waals surface area contributed by atoms with Crippen molar-refractivity contribution in [2.24, 2.45) is 0 Å². The van der Waals surface area contributed by atoms with Gasteiger partial charge < -0.3 is 19.4 Å². The van der Waals surface area contributed by atoms with Gasteiger partial charge in [0.15, 0.2) is 5.75 Å². The SMILES string of the molecule is O=C(Nc1ccc(C(=O)N2Cc3cccnc3Oc3ccccc32)cc1)c1ccccc1-c1ccoc1. The summed E-state index contributed by atoms with van der Waals surface area (Å²) >= 11 is 0. The molecule has 3 heterocycles. The maximum absolute atomic E-state index is 13.6. The lowest BCUT2D eigenvalue weighted by molar-refractivity contribution is 0.0984. The first-order valence-electron chi connectivity index (χ1n) is 11.7. The first-order valence-corrected chi connectivity index (χ1v) is 11.7. The first-order chi connectivity index (χ1) is 18.2. The summed E-state index contributed by atoms with van der Waals surface area (Å²) in [6.45, 7) is 0.322. The van der Waals surface area contributed by atoms with Gasteiger partial charge in [0.25, 0.3) is 11.8 Å². The number of pyridine rings is 1. The Labute approximate surface area is 213 Å². The molecule has 0 fully saturated rings. The number of benzene rings is 3. The van der Waals surface area contributed by atoms with Gasteiger partial charge in [0, 0.05) is 34.1 Å². The number of amides is 2. The third-order valence-electron chi connectivity index (χ3n) is 6.18. The van der Waals surface area contributed by atoms with E-state index in [1.807, 2.05) is 60.7 Å². The number of rotatable bonds is 4. The highest BCUT2D eigenvalue weighted by atomic mass is 16.5. The maximum atomic E-state index is 13.6. The Kier molecular flexibility index (Phi) is 5.71. The molecule has 2 amide bonds. The third kappa shape index (κ3) is 4.34. The van der Waals surface area contributed by atoms with Crippen LogP contribution in [0.25, 0.3) is 11.1 Å². The van der Waals surface area contributed by atoms with Crippen LogP contribution in [0, 0.1) is 0 Å². The first kappa shape index (κ1) is 22.3. The predicted octanol–water partition coefficient (Wildman–Crippen LogP) is 6.55. The molecule has 3 aromatic carbocycles. The molecule has 7 heteroatoms. The van der Waals surface area contributed by atoms with Crippen molar-refractivity contribution in [3.63, 3.8) is 0 Å². The third-order valence-corrected chi connectivity index (χ3v) is 6.18. The predicted molar refractivity (Wildman–Crippen MR) is 140 cm³/mol. The molecular formula is C30H21N3O4. The van der Waals surface area contributed by atoms with Crippen molar-refractivity contribution in [2.45, 2.75) is 6.54 Å². The Morgan fingerprint density at radius 1 is 0.865 bits per heavy atom. The van der Waals surface area contributed by atoms with Crippen LogP contribution >= 0.6 is 0 Å². The highest BCUT2D eigenvalue weighted by Crippen LogP contribution is 2.38. The minimum absolute atomic E-state index is 0.184. The molecule has 1 N–H and O–H groups in total. The second-order valence-corrected chi connectivity index (χ2v) is 8.52. The molecule has 0 atom stereocenters. The molecule has 1 aliphatic heterocycles. The second kappa shape index (κ2) is 9.47. The van der Waals surface area contributed by atoms with E-state index < -0.39 is 0 Å². The quantitative estimate of drug-likeness (QED) is 0.311. The molecule has 5 aromatic rings. The van der Waals surface area contributed by atoms with Gasteiger partial charge in [-0.15, -0.1) is 0 Å². The number of aromatic nitrogens is 1. The molecule has 1 aliphatic rings. The van der Waals surface area contributed by atoms with Crippen LogP contribution in [-0.2, 0) is 6.54 Å². The van der Waals surface area contributed by atoms with Crippen LogP contribution in [0.15, 0.2) is 114 Å². The van der Waals surface area contributed by atoms with Crippen molar-refractivity contribution in [3.8, 4) is 22.8 Å². The van der Waals surface area contributed by atoms with Crippen LogP contribution in [0.3, 0.4) is 0 Å². The number of fused-ring (bicyclic) bond motifs is 2. The van der Waals surface area contributed by atoms with Crippen molar-refractivity contribution in [1.82, 2.24) is 4.98 Å². The van der Waals surface area contributed by atoms with Gasteiger partial charge in [-0.1, -0.05) is 36.4 Å². The molecule has 0 spiro atoms. The Balaban J connectivity index is 1.24. The summed E-state index contributed by atoms with van der Waals surface area (Å²) in [6, 6.07) is 27.1. The Morgan fingerprint density at radius 3 is 2.51 bits per heavy atom. The standard InChI is InChI=1S/C30H21N3O4/c34-28(25-8-2-1-7-24(25)22-15-17-36-19-22)32-23-13-11-20(12-14-23)30(35)33-18-21-6-5-16-31-29(21)37-27-10-4-3-9-26(27)33/h1-17,19H,18H2,(H,32,34). The molecular weight excluding hydrogens is 466 g/mol. The van der Waals surface area contributed by atoms with Gasteiger partial charge in [-0.05, 0) is 60.2 Å². The van der Waals surface area contributed by atoms with Gasteiger partial charge in [-0.3, -0.25) is 9.59 Å². The summed E-state index contributed by atoms with van der Waals surface area (Å²) in [5.74, 6) is 0.613. The van der Waals surface area contributed by atoms with Crippen LogP contribution < -0.4 is 15.0 Å². The van der Waals surface area contributed by atoms with Crippen LogP contribution in [0.5, 0.6) is 11.6 Å². The van der Waals surface area contributed by atoms with Crippen molar-refractivity contribution < 1.29 is 18.7 Å². The molecule has 7 nitrogen and oxygen atoms in total. The lowest BCUT2D eigenvalue weighted by Gasteiger charge is -2.22. The molecule has 0 saturated heterocycles. The van der Waals surface area contributed by atoms with Gasteiger partial charge >= 0.3 is 0 Å². The summed E-state index contributed by atoms with van der Waals surface area (Å²) < 4.78 is 11.2. The number of hydrogen-bond acceptors (Lipinski definition) is 5. The Morgan fingerprint density at radius 2 is 1.68 bits per heavy atom. The lowest BCUT2D eigenvalue weighted by atomic mass is 10.0. The summed E-state index contributed by atoms with van der Waals surface area (Å²) in [4.78, 5) is 32.7. The molecule has 0 radical (unpaired) electrons. The van der Waals surface area contributed by atoms with Crippen molar-refractivity contribution >= 4 is 23.2 Å². The number of anilines is 2. The van der Waals surface area contributed by atoms with Crippen molar-refractivity contribution in [1.29, 1.82) is 0 Å². The van der Waals surface area contributed by atoms with Gasteiger partial charge in [-0.25, -0.2) is 4.98 Å². The molecule has 0 saturated carbocycles. The van der Waals surface area contributed by atoms with E-state index in [2.05, 4.69) is 10.3 Å². The number of ether oxygens (including phenoxy) is 1. The van der Waals surface area contributed by atoms with Crippen molar-refractivity contribution in [3.05, 3.63) is 126 Å². The minimum atomic E-state index is -0.251. The fourth-order valence-electron chi connectivity index (χ4n) is 4.34. The van der Waals surface area contributed by atoms with E-state index in [0.717, 1.165) is 16.7 Å². The molecule has 6 rings (SSSR count). The number of hydrogen-bond donors (Lipinski definition) is 1. The van der Waals surface area contributed by atoms with E-state index in [4.69, 9.17) is 9.15 Å². The number of carbonyl (C=O) groups excluding carboxylic acids is 2. The number of nitrogens with zero attached hydrogens (tertiary/aromatic N) is 2. The minimum Gasteiger partial charge on any atom is -0.472 e. The van der Waals surface area contributed by atoms with Gasteiger partial charge in [0.2, 0.25) is 5.88 Å². The molecule has 2 aromatic heterocycles. The molecule has 0 aliphatic carbocycles. The molecule has 180 valence electrons. The zero-order valence-corrected chi connectivity index (χ0v) is 19.6. The normalized spacial score (nSPS) is 12.1. The van der Waals surface area contributed by atoms with E-state index in [-0.39, 0.29) is 11.8 Å². The molecule has 37 heavy (non-hydrogen) atoms. The van der Waals surface area contributed by atoms with Crippen LogP contribution in [0.2, 0.25) is 0 Å². The van der Waals surface area contributed by atoms with E-state index in [1.165, 1.54) is 0 Å². The Hall–Kier alpha value is -5.17. The smallest absolute Gasteiger partial charge is 0.258 e. The van der Waals surface area contributed by atoms with Crippen LogP contribution in [0.4, 0.5) is 11.4 Å². The monoisotopic (exact) mass is 487 g/mol. The number of carbonyl (C=O) groups is 2.